The van der Waals surface area contributed by atoms with Crippen LogP contribution in [-0.2, 0) is 34.7 Å². The number of aliphatic hydroxyl groups is 1. The Labute approximate surface area is 184 Å². The number of esters is 1. The molecule has 0 amide bonds. The number of ether oxygens (including phenoxy) is 2. The molecule has 8 heteroatoms. The van der Waals surface area contributed by atoms with Crippen molar-refractivity contribution in [1.82, 2.24) is 9.55 Å². The molecule has 4 heterocycles. The molecular formula is C24H24N2O6. The minimum absolute atomic E-state index is 0.0354. The number of carbonyl (C=O) groups is 1. The van der Waals surface area contributed by atoms with Gasteiger partial charge in [-0.25, -0.2) is 9.78 Å². The third kappa shape index (κ3) is 2.56. The number of rotatable bonds is 4. The third-order valence-corrected chi connectivity index (χ3v) is 6.47. The highest BCUT2D eigenvalue weighted by Gasteiger charge is 2.48. The molecule has 0 unspecified atom stereocenters. The van der Waals surface area contributed by atoms with E-state index < -0.39 is 11.6 Å². The first kappa shape index (κ1) is 20.5. The molecule has 2 N–H and O–H groups in total. The maximum atomic E-state index is 13.5. The van der Waals surface area contributed by atoms with Gasteiger partial charge in [-0.3, -0.25) is 9.36 Å². The fraction of sp³-hybridized carbons (Fsp3) is 0.375. The molecular weight excluding hydrogens is 412 g/mol. The van der Waals surface area contributed by atoms with Crippen LogP contribution in [0.25, 0.3) is 22.3 Å². The summed E-state index contributed by atoms with van der Waals surface area (Å²) in [5.74, 6) is -0.382. The van der Waals surface area contributed by atoms with Crippen molar-refractivity contribution in [2.45, 2.75) is 52.4 Å². The van der Waals surface area contributed by atoms with Crippen LogP contribution in [0.4, 0.5) is 0 Å². The van der Waals surface area contributed by atoms with Crippen molar-refractivity contribution in [1.29, 1.82) is 0 Å². The molecule has 2 aliphatic heterocycles. The first-order valence-corrected chi connectivity index (χ1v) is 10.8. The van der Waals surface area contributed by atoms with Crippen LogP contribution >= 0.6 is 0 Å². The van der Waals surface area contributed by atoms with Gasteiger partial charge >= 0.3 is 5.97 Å². The summed E-state index contributed by atoms with van der Waals surface area (Å²) in [7, 11) is 0. The van der Waals surface area contributed by atoms with Gasteiger partial charge in [0.05, 0.1) is 35.5 Å². The van der Waals surface area contributed by atoms with Gasteiger partial charge in [-0.05, 0) is 37.5 Å². The third-order valence-electron chi connectivity index (χ3n) is 6.47. The van der Waals surface area contributed by atoms with Crippen molar-refractivity contribution in [3.63, 3.8) is 0 Å². The highest BCUT2D eigenvalue weighted by molar-refractivity contribution is 5.92. The Morgan fingerprint density at radius 1 is 1.25 bits per heavy atom. The van der Waals surface area contributed by atoms with Crippen molar-refractivity contribution >= 4 is 16.9 Å². The molecule has 1 aromatic carbocycles. The number of hydrogen-bond acceptors (Lipinski definition) is 7. The molecule has 0 aliphatic carbocycles. The number of cyclic esters (lactones) is 1. The number of pyridine rings is 2. The summed E-state index contributed by atoms with van der Waals surface area (Å²) < 4.78 is 12.7. The molecule has 2 aromatic heterocycles. The number of fused-ring (bicyclic) bond motifs is 5. The minimum atomic E-state index is -1.97. The van der Waals surface area contributed by atoms with Crippen molar-refractivity contribution in [2.75, 3.05) is 6.61 Å². The van der Waals surface area contributed by atoms with Crippen LogP contribution in [0.3, 0.4) is 0 Å². The van der Waals surface area contributed by atoms with Crippen LogP contribution in [-0.4, -0.2) is 32.3 Å². The zero-order valence-electron chi connectivity index (χ0n) is 18.2. The zero-order chi connectivity index (χ0) is 22.8. The van der Waals surface area contributed by atoms with E-state index in [9.17, 15) is 19.8 Å². The monoisotopic (exact) mass is 436 g/mol. The summed E-state index contributed by atoms with van der Waals surface area (Å²) in [6.45, 7) is 5.77. The predicted molar refractivity (Wildman–Crippen MR) is 117 cm³/mol. The smallest absolute Gasteiger partial charge is 0.343 e. The second-order valence-electron chi connectivity index (χ2n) is 8.14. The number of aromatic nitrogens is 2. The van der Waals surface area contributed by atoms with E-state index in [4.69, 9.17) is 14.5 Å². The molecule has 1 atom stereocenters. The van der Waals surface area contributed by atoms with Gasteiger partial charge in [-0.1, -0.05) is 19.9 Å². The lowest BCUT2D eigenvalue weighted by molar-refractivity contribution is -0.172. The number of nitrogens with zero attached hydrogens (tertiary/aromatic N) is 2. The van der Waals surface area contributed by atoms with Crippen LogP contribution in [0, 0.1) is 0 Å². The molecule has 2 aliphatic rings. The molecule has 0 saturated heterocycles. The van der Waals surface area contributed by atoms with E-state index in [1.807, 2.05) is 19.1 Å². The number of carbonyl (C=O) groups excluding carboxylic acids is 1. The van der Waals surface area contributed by atoms with Crippen LogP contribution in [0.2, 0.25) is 0 Å². The number of aromatic hydroxyl groups is 1. The van der Waals surface area contributed by atoms with E-state index in [2.05, 4.69) is 0 Å². The van der Waals surface area contributed by atoms with Gasteiger partial charge < -0.3 is 19.7 Å². The van der Waals surface area contributed by atoms with E-state index in [0.717, 1.165) is 17.5 Å². The van der Waals surface area contributed by atoms with Gasteiger partial charge in [0.15, 0.2) is 11.4 Å². The Balaban J connectivity index is 1.90. The fourth-order valence-electron chi connectivity index (χ4n) is 4.80. The lowest BCUT2D eigenvalue weighted by Crippen LogP contribution is -2.45. The molecule has 5 rings (SSSR count). The minimum Gasteiger partial charge on any atom is -0.507 e. The summed E-state index contributed by atoms with van der Waals surface area (Å²) in [6, 6.07) is 5.33. The van der Waals surface area contributed by atoms with Crippen LogP contribution in [0.15, 0.2) is 23.0 Å². The topological polar surface area (TPSA) is 111 Å². The summed E-state index contributed by atoms with van der Waals surface area (Å²) in [6.07, 6.45) is 0.757. The number of aryl methyl sites for hydroxylation is 1. The first-order valence-electron chi connectivity index (χ1n) is 10.8. The van der Waals surface area contributed by atoms with E-state index in [0.29, 0.717) is 22.3 Å². The maximum absolute atomic E-state index is 13.5. The standard InChI is InChI=1S/C24H24N2O6/c1-4-12-7-8-16(27)14-9-13-10-26-20(19(13)25-18(12)14)21(31-6-3)17-15(22(26)28)11-32-23(29)24(17,30)5-2/h7-9,27,30H,4-6,10-11H2,1-3H3/t24-/m0/s1. The summed E-state index contributed by atoms with van der Waals surface area (Å²) in [4.78, 5) is 30.8. The molecule has 3 aromatic rings. The Bertz CT molecular complexity index is 1360. The number of hydrogen-bond donors (Lipinski definition) is 2. The molecule has 0 fully saturated rings. The van der Waals surface area contributed by atoms with Crippen molar-refractivity contribution < 1.29 is 24.5 Å². The van der Waals surface area contributed by atoms with Gasteiger partial charge in [0.1, 0.15) is 18.1 Å². The molecule has 8 nitrogen and oxygen atoms in total. The van der Waals surface area contributed by atoms with Gasteiger partial charge in [-0.15, -0.1) is 0 Å². The maximum Gasteiger partial charge on any atom is 0.343 e. The highest BCUT2D eigenvalue weighted by Crippen LogP contribution is 2.47. The Morgan fingerprint density at radius 2 is 2.03 bits per heavy atom. The number of phenolic OH excluding ortho intramolecular Hbond substituents is 1. The average Bonchev–Trinajstić information content (AvgIpc) is 3.17. The largest absolute Gasteiger partial charge is 0.507 e. The highest BCUT2D eigenvalue weighted by atomic mass is 16.6. The van der Waals surface area contributed by atoms with Crippen molar-refractivity contribution in [2.24, 2.45) is 0 Å². The molecule has 0 spiro atoms. The molecule has 32 heavy (non-hydrogen) atoms. The van der Waals surface area contributed by atoms with Gasteiger partial charge in [0.25, 0.3) is 5.56 Å². The molecule has 0 saturated carbocycles. The molecule has 166 valence electrons. The first-order chi connectivity index (χ1) is 15.3. The quantitative estimate of drug-likeness (QED) is 0.473. The van der Waals surface area contributed by atoms with E-state index in [1.54, 1.807) is 24.5 Å². The second kappa shape index (κ2) is 7.06. The molecule has 0 radical (unpaired) electrons. The normalized spacial score (nSPS) is 18.8. The second-order valence-corrected chi connectivity index (χ2v) is 8.14. The number of benzene rings is 1. The zero-order valence-corrected chi connectivity index (χ0v) is 18.2. The van der Waals surface area contributed by atoms with Crippen molar-refractivity contribution in [3.8, 4) is 22.9 Å². The summed E-state index contributed by atoms with van der Waals surface area (Å²) in [5, 5.41) is 22.3. The average molecular weight is 436 g/mol. The van der Waals surface area contributed by atoms with Crippen molar-refractivity contribution in [3.05, 3.63) is 50.8 Å². The van der Waals surface area contributed by atoms with E-state index in [-0.39, 0.29) is 54.4 Å². The van der Waals surface area contributed by atoms with E-state index >= 15 is 0 Å². The van der Waals surface area contributed by atoms with Crippen LogP contribution < -0.4 is 10.3 Å². The van der Waals surface area contributed by atoms with Gasteiger partial charge in [0, 0.05) is 10.9 Å². The summed E-state index contributed by atoms with van der Waals surface area (Å²) >= 11 is 0. The van der Waals surface area contributed by atoms with Gasteiger partial charge in [0.2, 0.25) is 0 Å². The Hall–Kier alpha value is -3.39. The lowest BCUT2D eigenvalue weighted by atomic mass is 9.85. The van der Waals surface area contributed by atoms with Gasteiger partial charge in [-0.2, -0.15) is 0 Å². The number of phenols is 1. The van der Waals surface area contributed by atoms with Crippen LogP contribution in [0.5, 0.6) is 11.5 Å². The Morgan fingerprint density at radius 3 is 2.72 bits per heavy atom. The van der Waals surface area contributed by atoms with E-state index in [1.165, 1.54) is 0 Å². The Kier molecular flexibility index (Phi) is 4.53. The van der Waals surface area contributed by atoms with Crippen LogP contribution in [0.1, 0.15) is 49.4 Å². The summed E-state index contributed by atoms with van der Waals surface area (Å²) in [5.41, 5.74) is 1.44. The predicted octanol–water partition coefficient (Wildman–Crippen LogP) is 2.75. The SMILES string of the molecule is CCOc1c2c(c(=O)n3c1-c1nc4c(CC)ccc(O)c4cc1C3)COC(=O)[C@]2(O)CC. The molecule has 0 bridgehead atoms. The lowest BCUT2D eigenvalue weighted by Gasteiger charge is -2.33. The fourth-order valence-corrected chi connectivity index (χ4v) is 4.80.